The monoisotopic (exact) mass is 316 g/mol. The molecule has 120 valence electrons. The van der Waals surface area contributed by atoms with Gasteiger partial charge >= 0.3 is 0 Å². The van der Waals surface area contributed by atoms with Gasteiger partial charge in [-0.3, -0.25) is 9.78 Å². The van der Waals surface area contributed by atoms with Crippen LogP contribution >= 0.6 is 0 Å². The summed E-state index contributed by atoms with van der Waals surface area (Å²) in [6.07, 6.45) is 1.59. The fourth-order valence-corrected chi connectivity index (χ4v) is 2.74. The zero-order chi connectivity index (χ0) is 16.0. The maximum atomic E-state index is 12.2. The van der Waals surface area contributed by atoms with Gasteiger partial charge < -0.3 is 18.9 Å². The summed E-state index contributed by atoms with van der Waals surface area (Å²) in [6, 6.07) is 0. The molecular formula is C13H16N8O2. The molecule has 3 aromatic rings. The van der Waals surface area contributed by atoms with E-state index in [2.05, 4.69) is 25.1 Å². The van der Waals surface area contributed by atoms with Crippen LogP contribution in [0, 0.1) is 6.92 Å². The largest absolute Gasteiger partial charge is 0.339 e. The van der Waals surface area contributed by atoms with E-state index >= 15 is 0 Å². The number of piperazine rings is 1. The van der Waals surface area contributed by atoms with Crippen LogP contribution in [0.4, 0.5) is 11.9 Å². The van der Waals surface area contributed by atoms with Crippen molar-refractivity contribution >= 4 is 23.1 Å². The van der Waals surface area contributed by atoms with Gasteiger partial charge in [-0.2, -0.15) is 9.97 Å². The Hall–Kier alpha value is -2.91. The highest BCUT2D eigenvalue weighted by molar-refractivity contribution is 5.70. The molecule has 0 spiro atoms. The van der Waals surface area contributed by atoms with Crippen molar-refractivity contribution in [3.8, 4) is 0 Å². The van der Waals surface area contributed by atoms with Gasteiger partial charge in [-0.05, 0) is 5.16 Å². The molecule has 1 saturated heterocycles. The minimum Gasteiger partial charge on any atom is -0.339 e. The maximum Gasteiger partial charge on any atom is 0.278 e. The third-order valence-corrected chi connectivity index (χ3v) is 3.95. The lowest BCUT2D eigenvalue weighted by Gasteiger charge is -2.33. The van der Waals surface area contributed by atoms with Crippen molar-refractivity contribution in [2.45, 2.75) is 6.92 Å². The average Bonchev–Trinajstić information content (AvgIpc) is 3.14. The van der Waals surface area contributed by atoms with Crippen molar-refractivity contribution < 1.29 is 4.52 Å². The summed E-state index contributed by atoms with van der Waals surface area (Å²) in [5, 5.41) is 3.93. The molecule has 4 rings (SSSR count). The van der Waals surface area contributed by atoms with Crippen LogP contribution in [-0.2, 0) is 7.05 Å². The Kier molecular flexibility index (Phi) is 3.03. The third kappa shape index (κ3) is 2.31. The molecule has 4 heterocycles. The van der Waals surface area contributed by atoms with Crippen LogP contribution in [-0.4, -0.2) is 55.8 Å². The Bertz CT molecular complexity index is 902. The van der Waals surface area contributed by atoms with E-state index in [1.807, 2.05) is 9.80 Å². The van der Waals surface area contributed by atoms with Crippen molar-refractivity contribution in [2.24, 2.45) is 7.05 Å². The van der Waals surface area contributed by atoms with E-state index in [-0.39, 0.29) is 5.56 Å². The summed E-state index contributed by atoms with van der Waals surface area (Å²) in [6.45, 7) is 4.62. The number of hydrogen-bond donors (Lipinski definition) is 1. The van der Waals surface area contributed by atoms with Crippen molar-refractivity contribution in [1.29, 1.82) is 0 Å². The molecule has 10 heteroatoms. The minimum atomic E-state index is -0.179. The molecule has 0 unspecified atom stereocenters. The fourth-order valence-electron chi connectivity index (χ4n) is 2.74. The van der Waals surface area contributed by atoms with Crippen molar-refractivity contribution in [1.82, 2.24) is 29.7 Å². The predicted octanol–water partition coefficient (Wildman–Crippen LogP) is -0.325. The Morgan fingerprint density at radius 3 is 2.61 bits per heavy atom. The first-order chi connectivity index (χ1) is 11.1. The summed E-state index contributed by atoms with van der Waals surface area (Å²) >= 11 is 0. The van der Waals surface area contributed by atoms with E-state index in [0.29, 0.717) is 42.0 Å². The van der Waals surface area contributed by atoms with Gasteiger partial charge in [0.15, 0.2) is 11.2 Å². The Morgan fingerprint density at radius 1 is 1.17 bits per heavy atom. The smallest absolute Gasteiger partial charge is 0.278 e. The van der Waals surface area contributed by atoms with Crippen LogP contribution in [0.1, 0.15) is 5.89 Å². The molecule has 0 bridgehead atoms. The average molecular weight is 316 g/mol. The van der Waals surface area contributed by atoms with E-state index < -0.39 is 0 Å². The van der Waals surface area contributed by atoms with E-state index in [0.717, 1.165) is 13.1 Å². The summed E-state index contributed by atoms with van der Waals surface area (Å²) in [7, 11) is 1.78. The highest BCUT2D eigenvalue weighted by Gasteiger charge is 2.22. The van der Waals surface area contributed by atoms with E-state index in [9.17, 15) is 4.79 Å². The minimum absolute atomic E-state index is 0.179. The number of nitrogens with one attached hydrogen (secondary N) is 1. The predicted molar refractivity (Wildman–Crippen MR) is 82.6 cm³/mol. The Balaban J connectivity index is 1.55. The number of rotatable bonds is 2. The normalized spacial score (nSPS) is 15.6. The van der Waals surface area contributed by atoms with Crippen LogP contribution < -0.4 is 15.4 Å². The number of nitrogens with zero attached hydrogens (tertiary/aromatic N) is 7. The van der Waals surface area contributed by atoms with Gasteiger partial charge in [0.05, 0.1) is 6.33 Å². The lowest BCUT2D eigenvalue weighted by atomic mass is 10.3. The summed E-state index contributed by atoms with van der Waals surface area (Å²) in [4.78, 5) is 31.9. The Morgan fingerprint density at radius 2 is 1.91 bits per heavy atom. The fraction of sp³-hybridized carbons (Fsp3) is 0.462. The standard InChI is InChI=1S/C13H16N8O2/c1-8-15-13(18-23-8)21-5-3-20(4-6-21)12-16-10-9(11(22)17-12)19(2)7-14-10/h7H,3-6H2,1-2H3,(H,16,17,22). The third-order valence-electron chi connectivity index (χ3n) is 3.95. The summed E-state index contributed by atoms with van der Waals surface area (Å²) in [5.74, 6) is 1.70. The van der Waals surface area contributed by atoms with E-state index in [4.69, 9.17) is 4.52 Å². The maximum absolute atomic E-state index is 12.2. The molecule has 3 aromatic heterocycles. The second-order valence-electron chi connectivity index (χ2n) is 5.50. The quantitative estimate of drug-likeness (QED) is 0.685. The van der Waals surface area contributed by atoms with Gasteiger partial charge in [-0.25, -0.2) is 4.98 Å². The van der Waals surface area contributed by atoms with Crippen LogP contribution in [0.3, 0.4) is 0 Å². The number of aromatic amines is 1. The Labute approximate surface area is 130 Å². The van der Waals surface area contributed by atoms with Crippen LogP contribution in [0.5, 0.6) is 0 Å². The molecule has 0 aromatic carbocycles. The molecule has 23 heavy (non-hydrogen) atoms. The molecule has 0 aliphatic carbocycles. The van der Waals surface area contributed by atoms with Gasteiger partial charge in [-0.15, -0.1) is 0 Å². The number of fused-ring (bicyclic) bond motifs is 1. The zero-order valence-corrected chi connectivity index (χ0v) is 12.9. The second kappa shape index (κ2) is 5.07. The molecule has 1 aliphatic rings. The van der Waals surface area contributed by atoms with Gasteiger partial charge in [0.1, 0.15) is 0 Å². The van der Waals surface area contributed by atoms with Crippen molar-refractivity contribution in [3.63, 3.8) is 0 Å². The SMILES string of the molecule is Cc1nc(N2CCN(c3nc4ncn(C)c4c(=O)[nH]3)CC2)no1. The van der Waals surface area contributed by atoms with E-state index in [1.54, 1.807) is 24.9 Å². The highest BCUT2D eigenvalue weighted by atomic mass is 16.5. The molecule has 1 fully saturated rings. The van der Waals surface area contributed by atoms with Crippen LogP contribution in [0.2, 0.25) is 0 Å². The first-order valence-electron chi connectivity index (χ1n) is 7.33. The molecule has 1 aliphatic heterocycles. The van der Waals surface area contributed by atoms with Gasteiger partial charge in [0.25, 0.3) is 11.5 Å². The summed E-state index contributed by atoms with van der Waals surface area (Å²) < 4.78 is 6.68. The molecule has 0 saturated carbocycles. The number of anilines is 2. The zero-order valence-electron chi connectivity index (χ0n) is 12.9. The summed E-state index contributed by atoms with van der Waals surface area (Å²) in [5.41, 5.74) is 0.762. The second-order valence-corrected chi connectivity index (χ2v) is 5.50. The number of imidazole rings is 1. The molecule has 0 radical (unpaired) electrons. The van der Waals surface area contributed by atoms with Gasteiger partial charge in [0.2, 0.25) is 11.8 Å². The van der Waals surface area contributed by atoms with Crippen LogP contribution in [0.25, 0.3) is 11.2 Å². The number of aromatic nitrogens is 6. The first kappa shape index (κ1) is 13.7. The molecule has 0 atom stereocenters. The molecular weight excluding hydrogens is 300 g/mol. The van der Waals surface area contributed by atoms with Crippen LogP contribution in [0.15, 0.2) is 15.6 Å². The molecule has 10 nitrogen and oxygen atoms in total. The lowest BCUT2D eigenvalue weighted by Crippen LogP contribution is -2.47. The molecule has 0 amide bonds. The molecule has 1 N–H and O–H groups in total. The van der Waals surface area contributed by atoms with Gasteiger partial charge in [0, 0.05) is 40.2 Å². The van der Waals surface area contributed by atoms with Crippen molar-refractivity contribution in [2.75, 3.05) is 36.0 Å². The van der Waals surface area contributed by atoms with Crippen molar-refractivity contribution in [3.05, 3.63) is 22.6 Å². The number of hydrogen-bond acceptors (Lipinski definition) is 8. The highest BCUT2D eigenvalue weighted by Crippen LogP contribution is 2.16. The van der Waals surface area contributed by atoms with E-state index in [1.165, 1.54) is 0 Å². The lowest BCUT2D eigenvalue weighted by molar-refractivity contribution is 0.391. The first-order valence-corrected chi connectivity index (χ1v) is 7.33. The number of aryl methyl sites for hydroxylation is 2. The topological polar surface area (TPSA) is 109 Å². The number of H-pyrrole nitrogens is 1. The van der Waals surface area contributed by atoms with Gasteiger partial charge in [-0.1, -0.05) is 0 Å².